The zero-order valence-corrected chi connectivity index (χ0v) is 14.7. The number of para-hydroxylation sites is 1. The average molecular weight is 355 g/mol. The van der Waals surface area contributed by atoms with Crippen LogP contribution in [0.5, 0.6) is 5.75 Å². The predicted molar refractivity (Wildman–Crippen MR) is 96.9 cm³/mol. The van der Waals surface area contributed by atoms with Crippen molar-refractivity contribution in [2.24, 2.45) is 0 Å². The molecule has 0 N–H and O–H groups in total. The van der Waals surface area contributed by atoms with Crippen LogP contribution >= 0.6 is 11.8 Å². The highest BCUT2D eigenvalue weighted by molar-refractivity contribution is 7.99. The monoisotopic (exact) mass is 355 g/mol. The minimum Gasteiger partial charge on any atom is -0.497 e. The first-order valence-electron chi connectivity index (χ1n) is 7.59. The van der Waals surface area contributed by atoms with Crippen molar-refractivity contribution < 1.29 is 13.9 Å². The molecule has 0 aliphatic carbocycles. The molecule has 1 heterocycles. The van der Waals surface area contributed by atoms with Crippen molar-refractivity contribution in [2.75, 3.05) is 24.8 Å². The quantitative estimate of drug-likeness (QED) is 0.631. The van der Waals surface area contributed by atoms with Gasteiger partial charge in [-0.3, -0.25) is 4.79 Å². The van der Waals surface area contributed by atoms with Gasteiger partial charge >= 0.3 is 0 Å². The highest BCUT2D eigenvalue weighted by Gasteiger charge is 2.14. The molecule has 0 aliphatic rings. The zero-order chi connectivity index (χ0) is 17.6. The second-order valence-electron chi connectivity index (χ2n) is 5.18. The van der Waals surface area contributed by atoms with Gasteiger partial charge in [0.2, 0.25) is 11.8 Å². The molecular weight excluding hydrogens is 338 g/mol. The molecule has 0 spiro atoms. The van der Waals surface area contributed by atoms with E-state index in [0.717, 1.165) is 17.0 Å². The van der Waals surface area contributed by atoms with Crippen molar-refractivity contribution in [3.63, 3.8) is 0 Å². The smallest absolute Gasteiger partial charge is 0.277 e. The summed E-state index contributed by atoms with van der Waals surface area (Å²) in [5, 5.41) is 8.36. The summed E-state index contributed by atoms with van der Waals surface area (Å²) in [6, 6.07) is 16.8. The Hall–Kier alpha value is -2.80. The van der Waals surface area contributed by atoms with E-state index in [1.807, 2.05) is 54.6 Å². The van der Waals surface area contributed by atoms with Crippen LogP contribution in [0.3, 0.4) is 0 Å². The third kappa shape index (κ3) is 4.19. The number of carbonyl (C=O) groups excluding carboxylic acids is 1. The van der Waals surface area contributed by atoms with Crippen LogP contribution in [-0.2, 0) is 4.79 Å². The number of hydrogen-bond donors (Lipinski definition) is 0. The number of benzene rings is 2. The molecule has 0 radical (unpaired) electrons. The summed E-state index contributed by atoms with van der Waals surface area (Å²) in [7, 11) is 3.36. The molecule has 25 heavy (non-hydrogen) atoms. The molecule has 0 saturated heterocycles. The molecule has 1 amide bonds. The normalized spacial score (nSPS) is 10.5. The number of hydrogen-bond acceptors (Lipinski definition) is 6. The maximum atomic E-state index is 12.3. The van der Waals surface area contributed by atoms with Gasteiger partial charge in [0.05, 0.1) is 12.9 Å². The predicted octanol–water partition coefficient (Wildman–Crippen LogP) is 3.50. The number of thioether (sulfide) groups is 1. The molecule has 0 bridgehead atoms. The Labute approximate surface area is 149 Å². The molecule has 3 aromatic rings. The van der Waals surface area contributed by atoms with E-state index in [0.29, 0.717) is 11.1 Å². The minimum atomic E-state index is -0.0413. The van der Waals surface area contributed by atoms with Crippen molar-refractivity contribution in [3.8, 4) is 17.2 Å². The summed E-state index contributed by atoms with van der Waals surface area (Å²) < 4.78 is 10.7. The topological polar surface area (TPSA) is 68.5 Å². The number of nitrogens with zero attached hydrogens (tertiary/aromatic N) is 3. The Morgan fingerprint density at radius 1 is 1.12 bits per heavy atom. The summed E-state index contributed by atoms with van der Waals surface area (Å²) in [6.07, 6.45) is 0. The van der Waals surface area contributed by atoms with Gasteiger partial charge in [0, 0.05) is 18.3 Å². The van der Waals surface area contributed by atoms with E-state index < -0.39 is 0 Å². The van der Waals surface area contributed by atoms with Crippen molar-refractivity contribution in [3.05, 3.63) is 54.6 Å². The summed E-state index contributed by atoms with van der Waals surface area (Å²) in [4.78, 5) is 13.9. The van der Waals surface area contributed by atoms with Gasteiger partial charge in [0.25, 0.3) is 5.22 Å². The minimum absolute atomic E-state index is 0.0413. The van der Waals surface area contributed by atoms with E-state index >= 15 is 0 Å². The summed E-state index contributed by atoms with van der Waals surface area (Å²) >= 11 is 1.22. The van der Waals surface area contributed by atoms with Crippen molar-refractivity contribution in [2.45, 2.75) is 5.22 Å². The average Bonchev–Trinajstić information content (AvgIpc) is 3.15. The first-order valence-corrected chi connectivity index (χ1v) is 8.58. The second kappa shape index (κ2) is 7.85. The molecule has 0 saturated carbocycles. The van der Waals surface area contributed by atoms with E-state index in [4.69, 9.17) is 9.15 Å². The van der Waals surface area contributed by atoms with E-state index in [9.17, 15) is 4.79 Å². The summed E-state index contributed by atoms with van der Waals surface area (Å²) in [5.74, 6) is 1.34. The summed E-state index contributed by atoms with van der Waals surface area (Å²) in [5.41, 5.74) is 1.64. The van der Waals surface area contributed by atoms with Gasteiger partial charge in [-0.05, 0) is 36.4 Å². The number of rotatable bonds is 6. The second-order valence-corrected chi connectivity index (χ2v) is 6.11. The molecule has 0 unspecified atom stereocenters. The van der Waals surface area contributed by atoms with Gasteiger partial charge in [0.1, 0.15) is 5.75 Å². The number of methoxy groups -OCH3 is 1. The molecule has 2 aromatic carbocycles. The van der Waals surface area contributed by atoms with Gasteiger partial charge < -0.3 is 14.1 Å². The van der Waals surface area contributed by atoms with E-state index in [1.165, 1.54) is 11.8 Å². The Morgan fingerprint density at radius 2 is 1.84 bits per heavy atom. The fourth-order valence-corrected chi connectivity index (χ4v) is 2.81. The third-order valence-electron chi connectivity index (χ3n) is 3.58. The van der Waals surface area contributed by atoms with Gasteiger partial charge in [-0.15, -0.1) is 10.2 Å². The molecule has 128 valence electrons. The molecule has 1 aromatic heterocycles. The number of amides is 1. The Kier molecular flexibility index (Phi) is 5.35. The van der Waals surface area contributed by atoms with E-state index in [1.54, 1.807) is 19.1 Å². The molecule has 6 nitrogen and oxygen atoms in total. The van der Waals surface area contributed by atoms with Crippen LogP contribution in [0.4, 0.5) is 5.69 Å². The molecule has 0 atom stereocenters. The van der Waals surface area contributed by atoms with Gasteiger partial charge in [-0.1, -0.05) is 30.0 Å². The Morgan fingerprint density at radius 3 is 2.52 bits per heavy atom. The third-order valence-corrected chi connectivity index (χ3v) is 4.38. The highest BCUT2D eigenvalue weighted by atomic mass is 32.2. The van der Waals surface area contributed by atoms with Crippen LogP contribution in [0, 0.1) is 0 Å². The molecule has 7 heteroatoms. The molecule has 0 fully saturated rings. The first-order chi connectivity index (χ1) is 12.2. The number of aromatic nitrogens is 2. The fraction of sp³-hybridized carbons (Fsp3) is 0.167. The molecule has 3 rings (SSSR count). The van der Waals surface area contributed by atoms with Crippen molar-refractivity contribution >= 4 is 23.4 Å². The highest BCUT2D eigenvalue weighted by Crippen LogP contribution is 2.25. The fourth-order valence-electron chi connectivity index (χ4n) is 2.13. The van der Waals surface area contributed by atoms with E-state index in [2.05, 4.69) is 10.2 Å². The van der Waals surface area contributed by atoms with Gasteiger partial charge in [-0.2, -0.15) is 0 Å². The van der Waals surface area contributed by atoms with Crippen LogP contribution in [0.2, 0.25) is 0 Å². The maximum Gasteiger partial charge on any atom is 0.277 e. The van der Waals surface area contributed by atoms with E-state index in [-0.39, 0.29) is 11.7 Å². The Bertz CT molecular complexity index is 834. The van der Waals surface area contributed by atoms with Crippen molar-refractivity contribution in [1.82, 2.24) is 10.2 Å². The standard InChI is InChI=1S/C18H17N3O3S/c1-21(14-6-4-3-5-7-14)16(22)12-25-18-20-19-17(24-18)13-8-10-15(23-2)11-9-13/h3-11H,12H2,1-2H3. The summed E-state index contributed by atoms with van der Waals surface area (Å²) in [6.45, 7) is 0. The van der Waals surface area contributed by atoms with Gasteiger partial charge in [-0.25, -0.2) is 0 Å². The largest absolute Gasteiger partial charge is 0.497 e. The van der Waals surface area contributed by atoms with Crippen LogP contribution in [0.25, 0.3) is 11.5 Å². The maximum absolute atomic E-state index is 12.3. The van der Waals surface area contributed by atoms with Gasteiger partial charge in [0.15, 0.2) is 0 Å². The van der Waals surface area contributed by atoms with Crippen molar-refractivity contribution in [1.29, 1.82) is 0 Å². The number of ether oxygens (including phenoxy) is 1. The van der Waals surface area contributed by atoms with Crippen LogP contribution in [0.15, 0.2) is 64.2 Å². The van der Waals surface area contributed by atoms with Crippen LogP contribution in [0.1, 0.15) is 0 Å². The first kappa shape index (κ1) is 17.0. The lowest BCUT2D eigenvalue weighted by Crippen LogP contribution is -2.27. The zero-order valence-electron chi connectivity index (χ0n) is 13.9. The number of anilines is 1. The Balaban J connectivity index is 1.60. The molecule has 0 aliphatic heterocycles. The lowest BCUT2D eigenvalue weighted by Gasteiger charge is -2.16. The SMILES string of the molecule is COc1ccc(-c2nnc(SCC(=O)N(C)c3ccccc3)o2)cc1. The lowest BCUT2D eigenvalue weighted by atomic mass is 10.2. The lowest BCUT2D eigenvalue weighted by molar-refractivity contribution is -0.115. The van der Waals surface area contributed by atoms with Crippen LogP contribution < -0.4 is 9.64 Å². The van der Waals surface area contributed by atoms with Crippen LogP contribution in [-0.4, -0.2) is 36.0 Å². The molecular formula is C18H17N3O3S. The number of carbonyl (C=O) groups is 1.